The molecule has 0 unspecified atom stereocenters. The number of rotatable bonds is 7. The molecule has 0 aromatic heterocycles. The van der Waals surface area contributed by atoms with E-state index in [4.69, 9.17) is 21.7 Å². The van der Waals surface area contributed by atoms with Gasteiger partial charge in [0.25, 0.3) is 5.91 Å². The van der Waals surface area contributed by atoms with Gasteiger partial charge in [-0.15, -0.1) is 0 Å². The van der Waals surface area contributed by atoms with Gasteiger partial charge in [-0.1, -0.05) is 39.0 Å². The number of ether oxygens (including phenoxy) is 2. The molecular weight excluding hydrogens is 372 g/mol. The highest BCUT2D eigenvalue weighted by molar-refractivity contribution is 7.80. The van der Waals surface area contributed by atoms with E-state index in [0.29, 0.717) is 31.1 Å². The van der Waals surface area contributed by atoms with E-state index < -0.39 is 0 Å². The summed E-state index contributed by atoms with van der Waals surface area (Å²) in [6.07, 6.45) is 0. The molecule has 2 N–H and O–H groups in total. The van der Waals surface area contributed by atoms with Crippen molar-refractivity contribution in [3.63, 3.8) is 0 Å². The van der Waals surface area contributed by atoms with E-state index in [9.17, 15) is 4.79 Å². The van der Waals surface area contributed by atoms with Gasteiger partial charge in [0.15, 0.2) is 5.11 Å². The molecule has 28 heavy (non-hydrogen) atoms. The lowest BCUT2D eigenvalue weighted by Gasteiger charge is -2.19. The van der Waals surface area contributed by atoms with Crippen LogP contribution in [0.1, 0.15) is 43.6 Å². The summed E-state index contributed by atoms with van der Waals surface area (Å²) in [7, 11) is 0. The van der Waals surface area contributed by atoms with Crippen LogP contribution in [-0.2, 0) is 10.2 Å². The average Bonchev–Trinajstić information content (AvgIpc) is 2.65. The van der Waals surface area contributed by atoms with Crippen LogP contribution in [0.3, 0.4) is 0 Å². The van der Waals surface area contributed by atoms with Gasteiger partial charge in [-0.05, 0) is 54.4 Å². The van der Waals surface area contributed by atoms with E-state index in [-0.39, 0.29) is 16.4 Å². The number of thiocarbonyl (C=S) groups is 1. The molecule has 150 valence electrons. The molecule has 2 aromatic rings. The van der Waals surface area contributed by atoms with Crippen LogP contribution in [-0.4, -0.2) is 30.8 Å². The Morgan fingerprint density at radius 3 is 2.43 bits per heavy atom. The zero-order valence-electron chi connectivity index (χ0n) is 16.9. The smallest absolute Gasteiger partial charge is 0.257 e. The van der Waals surface area contributed by atoms with Crippen LogP contribution in [0.4, 0.5) is 5.69 Å². The molecule has 0 aliphatic heterocycles. The van der Waals surface area contributed by atoms with Gasteiger partial charge in [0.2, 0.25) is 0 Å². The number of carbonyl (C=O) groups excluding carboxylic acids is 1. The molecule has 0 aliphatic rings. The van der Waals surface area contributed by atoms with Crippen LogP contribution in [0, 0.1) is 0 Å². The van der Waals surface area contributed by atoms with E-state index in [1.807, 2.05) is 55.5 Å². The Balaban J connectivity index is 1.90. The van der Waals surface area contributed by atoms with Crippen molar-refractivity contribution in [3.05, 3.63) is 59.7 Å². The summed E-state index contributed by atoms with van der Waals surface area (Å²) >= 11 is 5.26. The van der Waals surface area contributed by atoms with Crippen molar-refractivity contribution in [1.29, 1.82) is 0 Å². The van der Waals surface area contributed by atoms with Crippen molar-refractivity contribution in [2.24, 2.45) is 0 Å². The second-order valence-corrected chi connectivity index (χ2v) is 7.72. The molecule has 0 saturated carbocycles. The highest BCUT2D eigenvalue weighted by Crippen LogP contribution is 2.22. The lowest BCUT2D eigenvalue weighted by molar-refractivity contribution is 0.0977. The quantitative estimate of drug-likeness (QED) is 0.528. The van der Waals surface area contributed by atoms with Gasteiger partial charge in [0, 0.05) is 23.9 Å². The van der Waals surface area contributed by atoms with Crippen LogP contribution >= 0.6 is 12.2 Å². The van der Waals surface area contributed by atoms with Crippen molar-refractivity contribution in [3.8, 4) is 5.75 Å². The van der Waals surface area contributed by atoms with Crippen molar-refractivity contribution in [2.45, 2.75) is 33.1 Å². The summed E-state index contributed by atoms with van der Waals surface area (Å²) in [6, 6.07) is 14.9. The van der Waals surface area contributed by atoms with Crippen LogP contribution in [0.5, 0.6) is 5.75 Å². The Bertz CT molecular complexity index is 798. The summed E-state index contributed by atoms with van der Waals surface area (Å²) in [4.78, 5) is 12.4. The Morgan fingerprint density at radius 1 is 1.07 bits per heavy atom. The fraction of sp³-hybridized carbons (Fsp3) is 0.364. The van der Waals surface area contributed by atoms with Crippen molar-refractivity contribution in [2.75, 3.05) is 25.1 Å². The second kappa shape index (κ2) is 10.2. The maximum Gasteiger partial charge on any atom is 0.257 e. The Hall–Kier alpha value is -2.44. The molecule has 0 saturated heterocycles. The number of hydrogen-bond acceptors (Lipinski definition) is 4. The molecule has 1 amide bonds. The first kappa shape index (κ1) is 21.9. The third-order valence-corrected chi connectivity index (χ3v) is 4.24. The van der Waals surface area contributed by atoms with E-state index in [0.717, 1.165) is 5.69 Å². The van der Waals surface area contributed by atoms with E-state index in [2.05, 4.69) is 31.4 Å². The summed E-state index contributed by atoms with van der Waals surface area (Å²) in [5.74, 6) is 0.457. The van der Waals surface area contributed by atoms with Crippen LogP contribution in [0.15, 0.2) is 48.5 Å². The minimum atomic E-state index is -0.248. The van der Waals surface area contributed by atoms with Crippen LogP contribution in [0.25, 0.3) is 0 Å². The zero-order chi connectivity index (χ0) is 20.6. The van der Waals surface area contributed by atoms with Gasteiger partial charge in [0.05, 0.1) is 6.61 Å². The maximum absolute atomic E-state index is 12.4. The van der Waals surface area contributed by atoms with Gasteiger partial charge >= 0.3 is 0 Å². The summed E-state index contributed by atoms with van der Waals surface area (Å²) < 4.78 is 10.9. The third-order valence-electron chi connectivity index (χ3n) is 4.03. The molecule has 0 radical (unpaired) electrons. The fourth-order valence-electron chi connectivity index (χ4n) is 2.49. The number of anilines is 1. The minimum Gasteiger partial charge on any atom is -0.491 e. The first-order valence-electron chi connectivity index (χ1n) is 9.33. The lowest BCUT2D eigenvalue weighted by Crippen LogP contribution is -2.34. The number of hydrogen-bond donors (Lipinski definition) is 2. The van der Waals surface area contributed by atoms with Crippen LogP contribution in [0.2, 0.25) is 0 Å². The van der Waals surface area contributed by atoms with Crippen molar-refractivity contribution >= 4 is 28.9 Å². The minimum absolute atomic E-state index is 0.0433. The topological polar surface area (TPSA) is 59.6 Å². The van der Waals surface area contributed by atoms with Crippen LogP contribution < -0.4 is 15.4 Å². The zero-order valence-corrected chi connectivity index (χ0v) is 17.7. The maximum atomic E-state index is 12.4. The molecule has 0 atom stereocenters. The number of benzene rings is 2. The lowest BCUT2D eigenvalue weighted by atomic mass is 9.87. The molecule has 0 bridgehead atoms. The van der Waals surface area contributed by atoms with Gasteiger partial charge < -0.3 is 14.8 Å². The average molecular weight is 401 g/mol. The number of nitrogens with one attached hydrogen (secondary N) is 2. The molecule has 5 nitrogen and oxygen atoms in total. The monoisotopic (exact) mass is 400 g/mol. The van der Waals surface area contributed by atoms with Crippen molar-refractivity contribution < 1.29 is 14.3 Å². The first-order valence-corrected chi connectivity index (χ1v) is 9.74. The van der Waals surface area contributed by atoms with Gasteiger partial charge in [-0.25, -0.2) is 0 Å². The van der Waals surface area contributed by atoms with E-state index >= 15 is 0 Å². The van der Waals surface area contributed by atoms with E-state index in [1.165, 1.54) is 5.56 Å². The second-order valence-electron chi connectivity index (χ2n) is 7.31. The Kier molecular flexibility index (Phi) is 7.96. The summed E-state index contributed by atoms with van der Waals surface area (Å²) in [5.41, 5.74) is 2.51. The third kappa shape index (κ3) is 6.94. The molecule has 2 rings (SSSR count). The molecule has 2 aromatic carbocycles. The normalized spacial score (nSPS) is 11.0. The highest BCUT2D eigenvalue weighted by Gasteiger charge is 2.14. The SMILES string of the molecule is CCOCCOc1cccc(NC(=S)NC(=O)c2ccc(C(C)(C)C)cc2)c1. The van der Waals surface area contributed by atoms with Gasteiger partial charge in [-0.2, -0.15) is 0 Å². The van der Waals surface area contributed by atoms with Gasteiger partial charge in [0.1, 0.15) is 12.4 Å². The highest BCUT2D eigenvalue weighted by atomic mass is 32.1. The molecule has 6 heteroatoms. The Labute approximate surface area is 172 Å². The summed E-state index contributed by atoms with van der Waals surface area (Å²) in [6.45, 7) is 10.0. The largest absolute Gasteiger partial charge is 0.491 e. The number of carbonyl (C=O) groups is 1. The Morgan fingerprint density at radius 2 is 1.79 bits per heavy atom. The first-order chi connectivity index (χ1) is 13.3. The predicted octanol–water partition coefficient (Wildman–Crippen LogP) is 4.53. The standard InChI is InChI=1S/C22H28N2O3S/c1-5-26-13-14-27-19-8-6-7-18(15-19)23-21(28)24-20(25)16-9-11-17(12-10-16)22(2,3)4/h6-12,15H,5,13-14H2,1-4H3,(H2,23,24,25,28). The van der Waals surface area contributed by atoms with E-state index in [1.54, 1.807) is 0 Å². The summed E-state index contributed by atoms with van der Waals surface area (Å²) in [5, 5.41) is 5.94. The van der Waals surface area contributed by atoms with Gasteiger partial charge in [-0.3, -0.25) is 10.1 Å². The fourth-order valence-corrected chi connectivity index (χ4v) is 2.70. The molecule has 0 aliphatic carbocycles. The molecule has 0 fully saturated rings. The molecular formula is C22H28N2O3S. The molecule has 0 spiro atoms. The number of amides is 1. The predicted molar refractivity (Wildman–Crippen MR) is 117 cm³/mol. The molecule has 0 heterocycles. The van der Waals surface area contributed by atoms with Crippen molar-refractivity contribution in [1.82, 2.24) is 5.32 Å².